The smallest absolute Gasteiger partial charge is 0.408 e. The number of β-lactam (4-membered cyclic amide) rings is 1. The summed E-state index contributed by atoms with van der Waals surface area (Å²) >= 11 is 0. The number of methoxy groups -OCH3 is 2. The summed E-state index contributed by atoms with van der Waals surface area (Å²) in [6.45, 7) is 4.14. The fourth-order valence-electron chi connectivity index (χ4n) is 2.13. The Labute approximate surface area is 151 Å². The van der Waals surface area contributed by atoms with Gasteiger partial charge in [-0.05, 0) is 20.8 Å². The van der Waals surface area contributed by atoms with Crippen molar-refractivity contribution in [2.45, 2.75) is 38.7 Å². The van der Waals surface area contributed by atoms with E-state index in [1.165, 1.54) is 14.2 Å². The molecule has 0 saturated carbocycles. The maximum Gasteiger partial charge on any atom is 0.408 e. The van der Waals surface area contributed by atoms with Crippen molar-refractivity contribution in [1.29, 1.82) is 0 Å². The van der Waals surface area contributed by atoms with E-state index in [0.717, 1.165) is 9.80 Å². The molecule has 0 aromatic heterocycles. The lowest BCUT2D eigenvalue weighted by Gasteiger charge is -2.39. The quantitative estimate of drug-likeness (QED) is 0.463. The average Bonchev–Trinajstić information content (AvgIpc) is 2.52. The predicted octanol–water partition coefficient (Wildman–Crippen LogP) is -0.153. The van der Waals surface area contributed by atoms with Crippen molar-refractivity contribution in [2.24, 2.45) is 0 Å². The first-order valence-corrected chi connectivity index (χ1v) is 7.85. The van der Waals surface area contributed by atoms with E-state index >= 15 is 0 Å². The number of urea groups is 1. The molecule has 0 spiro atoms. The molecule has 1 aliphatic rings. The first-order valence-electron chi connectivity index (χ1n) is 7.85. The molecular weight excluding hydrogens is 350 g/mol. The normalized spacial score (nSPS) is 16.9. The van der Waals surface area contributed by atoms with Crippen LogP contribution in [0.25, 0.3) is 0 Å². The summed E-state index contributed by atoms with van der Waals surface area (Å²) in [7, 11) is 2.68. The minimum atomic E-state index is -1.25. The summed E-state index contributed by atoms with van der Waals surface area (Å²) in [4.78, 5) is 48.9. The number of carboxylic acid groups (broad SMARTS) is 1. The van der Waals surface area contributed by atoms with E-state index in [2.05, 4.69) is 5.32 Å². The first kappa shape index (κ1) is 21.6. The molecule has 0 unspecified atom stereocenters. The van der Waals surface area contributed by atoms with Gasteiger partial charge in [0.05, 0.1) is 13.1 Å². The van der Waals surface area contributed by atoms with Crippen LogP contribution >= 0.6 is 0 Å². The summed E-state index contributed by atoms with van der Waals surface area (Å²) in [5.74, 6) is -1.90. The zero-order chi connectivity index (χ0) is 20.1. The maximum atomic E-state index is 12.4. The van der Waals surface area contributed by atoms with Gasteiger partial charge in [-0.2, -0.15) is 0 Å². The Balaban J connectivity index is 2.66. The predicted molar refractivity (Wildman–Crippen MR) is 87.3 cm³/mol. The van der Waals surface area contributed by atoms with Crippen LogP contribution in [0, 0.1) is 0 Å². The number of nitrogens with one attached hydrogen (secondary N) is 1. The van der Waals surface area contributed by atoms with Crippen LogP contribution in [-0.4, -0.2) is 90.7 Å². The van der Waals surface area contributed by atoms with Gasteiger partial charge in [0, 0.05) is 14.2 Å². The molecule has 11 heteroatoms. The van der Waals surface area contributed by atoms with Crippen molar-refractivity contribution in [3.05, 3.63) is 0 Å². The van der Waals surface area contributed by atoms with Crippen LogP contribution in [0.5, 0.6) is 0 Å². The summed E-state index contributed by atoms with van der Waals surface area (Å²) in [5, 5.41) is 11.3. The van der Waals surface area contributed by atoms with Gasteiger partial charge in [-0.3, -0.25) is 14.5 Å². The highest BCUT2D eigenvalue weighted by Gasteiger charge is 2.44. The Morgan fingerprint density at radius 1 is 1.31 bits per heavy atom. The maximum absolute atomic E-state index is 12.4. The molecule has 0 radical (unpaired) electrons. The number of hydrogen-bond donors (Lipinski definition) is 2. The Morgan fingerprint density at radius 2 is 1.88 bits per heavy atom. The molecule has 2 N–H and O–H groups in total. The molecule has 148 valence electrons. The van der Waals surface area contributed by atoms with E-state index in [1.54, 1.807) is 20.8 Å². The lowest BCUT2D eigenvalue weighted by atomic mass is 10.1. The molecule has 4 amide bonds. The summed E-state index contributed by atoms with van der Waals surface area (Å²) in [6, 6.07) is -1.71. The van der Waals surface area contributed by atoms with Crippen LogP contribution < -0.4 is 5.32 Å². The number of carbonyl (C=O) groups is 4. The molecular formula is C15H25N3O8. The zero-order valence-corrected chi connectivity index (χ0v) is 15.5. The lowest BCUT2D eigenvalue weighted by molar-refractivity contribution is -0.146. The molecule has 0 aromatic carbocycles. The Hall–Kier alpha value is -2.40. The van der Waals surface area contributed by atoms with Gasteiger partial charge in [0.15, 0.2) is 6.29 Å². The van der Waals surface area contributed by atoms with Crippen LogP contribution in [0.3, 0.4) is 0 Å². The third-order valence-electron chi connectivity index (χ3n) is 3.34. The van der Waals surface area contributed by atoms with E-state index in [0.29, 0.717) is 0 Å². The molecule has 0 bridgehead atoms. The van der Waals surface area contributed by atoms with E-state index in [9.17, 15) is 19.2 Å². The number of nitrogens with zero attached hydrogens (tertiary/aromatic N) is 2. The van der Waals surface area contributed by atoms with Gasteiger partial charge < -0.3 is 29.5 Å². The fraction of sp³-hybridized carbons (Fsp3) is 0.733. The van der Waals surface area contributed by atoms with Crippen molar-refractivity contribution < 1.29 is 38.5 Å². The number of imide groups is 1. The molecule has 1 rings (SSSR count). The van der Waals surface area contributed by atoms with E-state index < -0.39 is 48.5 Å². The van der Waals surface area contributed by atoms with Crippen LogP contribution in [0.1, 0.15) is 20.8 Å². The zero-order valence-electron chi connectivity index (χ0n) is 15.5. The highest BCUT2D eigenvalue weighted by Crippen LogP contribution is 2.15. The summed E-state index contributed by atoms with van der Waals surface area (Å²) in [5.41, 5.74) is -0.722. The van der Waals surface area contributed by atoms with E-state index in [4.69, 9.17) is 19.3 Å². The van der Waals surface area contributed by atoms with Crippen molar-refractivity contribution in [1.82, 2.24) is 15.1 Å². The van der Waals surface area contributed by atoms with Gasteiger partial charge in [0.1, 0.15) is 18.2 Å². The van der Waals surface area contributed by atoms with Gasteiger partial charge >= 0.3 is 18.1 Å². The third kappa shape index (κ3) is 6.15. The number of hydrogen-bond acceptors (Lipinski definition) is 7. The van der Waals surface area contributed by atoms with Crippen molar-refractivity contribution in [3.8, 4) is 0 Å². The molecule has 26 heavy (non-hydrogen) atoms. The topological polar surface area (TPSA) is 135 Å². The molecule has 1 atom stereocenters. The third-order valence-corrected chi connectivity index (χ3v) is 3.34. The van der Waals surface area contributed by atoms with Gasteiger partial charge in [0.2, 0.25) is 0 Å². The number of aliphatic carboxylic acids is 1. The molecule has 0 aromatic rings. The minimum Gasteiger partial charge on any atom is -0.480 e. The van der Waals surface area contributed by atoms with Crippen LogP contribution in [0.15, 0.2) is 0 Å². The second-order valence-corrected chi connectivity index (χ2v) is 6.61. The van der Waals surface area contributed by atoms with Gasteiger partial charge in [-0.25, -0.2) is 9.59 Å². The molecule has 11 nitrogen and oxygen atoms in total. The minimum absolute atomic E-state index is 0.0857. The van der Waals surface area contributed by atoms with Gasteiger partial charge in [-0.15, -0.1) is 0 Å². The van der Waals surface area contributed by atoms with Crippen LogP contribution in [0.4, 0.5) is 9.59 Å². The largest absolute Gasteiger partial charge is 0.480 e. The number of amides is 4. The van der Waals surface area contributed by atoms with Crippen LogP contribution in [-0.2, 0) is 23.8 Å². The Bertz CT molecular complexity index is 556. The SMILES string of the molecule is COC(CN(CC(=O)O)C(=O)N1C[C@H](NC(=O)OC(C)(C)C)C1=O)OC. The highest BCUT2D eigenvalue weighted by molar-refractivity contribution is 6.03. The monoisotopic (exact) mass is 375 g/mol. The first-order chi connectivity index (χ1) is 12.0. The number of ether oxygens (including phenoxy) is 3. The molecule has 1 aliphatic heterocycles. The fourth-order valence-corrected chi connectivity index (χ4v) is 2.13. The number of carbonyl (C=O) groups excluding carboxylic acids is 3. The lowest BCUT2D eigenvalue weighted by Crippen LogP contribution is -2.68. The van der Waals surface area contributed by atoms with Crippen molar-refractivity contribution in [3.63, 3.8) is 0 Å². The van der Waals surface area contributed by atoms with Crippen molar-refractivity contribution >= 4 is 24.0 Å². The standard InChI is InChI=1S/C15H25N3O8/c1-15(2,3)26-13(22)16-9-6-18(12(9)21)14(23)17(7-10(19)20)8-11(24-4)25-5/h9,11H,6-8H2,1-5H3,(H,16,22)(H,19,20)/t9-/m0/s1. The summed E-state index contributed by atoms with van der Waals surface area (Å²) in [6.07, 6.45) is -1.62. The molecule has 1 fully saturated rings. The number of likely N-dealkylation sites (tertiary alicyclic amines) is 1. The Kier molecular flexibility index (Phi) is 7.33. The van der Waals surface area contributed by atoms with Crippen LogP contribution in [0.2, 0.25) is 0 Å². The van der Waals surface area contributed by atoms with Gasteiger partial charge in [-0.1, -0.05) is 0 Å². The number of rotatable bonds is 7. The second-order valence-electron chi connectivity index (χ2n) is 6.61. The molecule has 0 aliphatic carbocycles. The Morgan fingerprint density at radius 3 is 2.31 bits per heavy atom. The van der Waals surface area contributed by atoms with Crippen molar-refractivity contribution in [2.75, 3.05) is 33.9 Å². The molecule has 1 saturated heterocycles. The van der Waals surface area contributed by atoms with Gasteiger partial charge in [0.25, 0.3) is 5.91 Å². The summed E-state index contributed by atoms with van der Waals surface area (Å²) < 4.78 is 15.0. The second kappa shape index (κ2) is 8.81. The number of carboxylic acids is 1. The van der Waals surface area contributed by atoms with E-state index in [1.807, 2.05) is 0 Å². The van der Waals surface area contributed by atoms with E-state index in [-0.39, 0.29) is 13.1 Å². The highest BCUT2D eigenvalue weighted by atomic mass is 16.7. The average molecular weight is 375 g/mol. The molecule has 1 heterocycles. The number of alkyl carbamates (subject to hydrolysis) is 1.